The fraction of sp³-hybridized carbons (Fsp3) is 1.00. The summed E-state index contributed by atoms with van der Waals surface area (Å²) in [4.78, 5) is 0. The average molecular weight is 213 g/mol. The molecule has 3 N–H and O–H groups in total. The van der Waals surface area contributed by atoms with E-state index in [0.717, 1.165) is 6.26 Å². The van der Waals surface area contributed by atoms with Crippen LogP contribution in [0.25, 0.3) is 0 Å². The van der Waals surface area contributed by atoms with Gasteiger partial charge in [-0.2, -0.15) is 8.42 Å². The van der Waals surface area contributed by atoms with Gasteiger partial charge < -0.3 is 15.5 Å². The first-order valence-electron chi connectivity index (χ1n) is 3.75. The summed E-state index contributed by atoms with van der Waals surface area (Å²) in [5.74, 6) is -2.70. The number of likely N-dealkylation sites (N-methyl/N-ethyl adjacent to an activating group) is 1. The SMILES string of the molecule is CCC(NC)C(O)(O)OS(C)(=O)=O. The van der Waals surface area contributed by atoms with E-state index in [9.17, 15) is 18.6 Å². The maximum absolute atomic E-state index is 10.6. The van der Waals surface area contributed by atoms with Crippen LogP contribution in [-0.4, -0.2) is 43.9 Å². The Morgan fingerprint density at radius 2 is 2.00 bits per heavy atom. The third-order valence-corrected chi connectivity index (χ3v) is 2.03. The highest BCUT2D eigenvalue weighted by Crippen LogP contribution is 2.13. The molecule has 1 atom stereocenters. The molecule has 0 aliphatic carbocycles. The van der Waals surface area contributed by atoms with Crippen molar-refractivity contribution in [3.05, 3.63) is 0 Å². The van der Waals surface area contributed by atoms with Gasteiger partial charge in [0.2, 0.25) is 0 Å². The summed E-state index contributed by atoms with van der Waals surface area (Å²) in [7, 11) is -2.41. The van der Waals surface area contributed by atoms with E-state index in [1.165, 1.54) is 7.05 Å². The fourth-order valence-corrected chi connectivity index (χ4v) is 1.50. The van der Waals surface area contributed by atoms with Gasteiger partial charge in [-0.25, -0.2) is 4.18 Å². The maximum atomic E-state index is 10.6. The highest BCUT2D eigenvalue weighted by atomic mass is 32.2. The van der Waals surface area contributed by atoms with E-state index in [-0.39, 0.29) is 0 Å². The Hall–Kier alpha value is -0.210. The molecule has 0 bridgehead atoms. The molecule has 0 aliphatic rings. The lowest BCUT2D eigenvalue weighted by atomic mass is 10.2. The van der Waals surface area contributed by atoms with Crippen LogP contribution in [0.5, 0.6) is 0 Å². The first kappa shape index (κ1) is 12.8. The van der Waals surface area contributed by atoms with Crippen molar-refractivity contribution in [1.82, 2.24) is 5.32 Å². The van der Waals surface area contributed by atoms with Gasteiger partial charge >= 0.3 is 5.97 Å². The number of aliphatic hydroxyl groups is 2. The number of hydrogen-bond donors (Lipinski definition) is 3. The molecule has 13 heavy (non-hydrogen) atoms. The van der Waals surface area contributed by atoms with E-state index < -0.39 is 22.1 Å². The van der Waals surface area contributed by atoms with Crippen LogP contribution in [0.2, 0.25) is 0 Å². The van der Waals surface area contributed by atoms with Crippen LogP contribution < -0.4 is 5.32 Å². The molecule has 0 saturated heterocycles. The Morgan fingerprint density at radius 3 is 2.23 bits per heavy atom. The molecule has 0 radical (unpaired) electrons. The van der Waals surface area contributed by atoms with Crippen LogP contribution in [0.15, 0.2) is 0 Å². The van der Waals surface area contributed by atoms with E-state index in [1.807, 2.05) is 0 Å². The first-order valence-corrected chi connectivity index (χ1v) is 5.57. The molecule has 0 aromatic heterocycles. The predicted octanol–water partition coefficient (Wildman–Crippen LogP) is -1.40. The minimum Gasteiger partial charge on any atom is -0.341 e. The Labute approximate surface area is 77.7 Å². The van der Waals surface area contributed by atoms with Crippen LogP contribution in [0.1, 0.15) is 13.3 Å². The lowest BCUT2D eigenvalue weighted by Gasteiger charge is -2.28. The van der Waals surface area contributed by atoms with Crippen LogP contribution in [0.3, 0.4) is 0 Å². The molecule has 0 heterocycles. The average Bonchev–Trinajstić information content (AvgIpc) is 1.83. The van der Waals surface area contributed by atoms with Crippen molar-refractivity contribution in [2.45, 2.75) is 25.4 Å². The summed E-state index contributed by atoms with van der Waals surface area (Å²) >= 11 is 0. The summed E-state index contributed by atoms with van der Waals surface area (Å²) in [6.07, 6.45) is 1.07. The van der Waals surface area contributed by atoms with Crippen molar-refractivity contribution in [3.8, 4) is 0 Å². The molecule has 0 saturated carbocycles. The Bertz CT molecular complexity index is 244. The lowest BCUT2D eigenvalue weighted by molar-refractivity contribution is -0.305. The van der Waals surface area contributed by atoms with Crippen LogP contribution in [0.4, 0.5) is 0 Å². The highest BCUT2D eigenvalue weighted by molar-refractivity contribution is 7.86. The van der Waals surface area contributed by atoms with Crippen molar-refractivity contribution in [2.75, 3.05) is 13.3 Å². The summed E-state index contributed by atoms with van der Waals surface area (Å²) in [6.45, 7) is 1.66. The molecule has 0 aromatic rings. The molecule has 0 amide bonds. The molecule has 0 rings (SSSR count). The van der Waals surface area contributed by atoms with Gasteiger partial charge in [-0.05, 0) is 13.5 Å². The van der Waals surface area contributed by atoms with Crippen LogP contribution in [-0.2, 0) is 14.3 Å². The molecule has 0 spiro atoms. The summed E-state index contributed by atoms with van der Waals surface area (Å²) in [6, 6.07) is -0.859. The second-order valence-electron chi connectivity index (χ2n) is 2.70. The van der Waals surface area contributed by atoms with Crippen molar-refractivity contribution < 1.29 is 22.8 Å². The normalized spacial score (nSPS) is 15.8. The first-order chi connectivity index (χ1) is 5.73. The predicted molar refractivity (Wildman–Crippen MR) is 46.2 cm³/mol. The monoisotopic (exact) mass is 213 g/mol. The summed E-state index contributed by atoms with van der Waals surface area (Å²) in [5.41, 5.74) is 0. The van der Waals surface area contributed by atoms with E-state index >= 15 is 0 Å². The van der Waals surface area contributed by atoms with Crippen LogP contribution >= 0.6 is 0 Å². The summed E-state index contributed by atoms with van der Waals surface area (Å²) < 4.78 is 25.3. The third kappa shape index (κ3) is 4.53. The van der Waals surface area contributed by atoms with Gasteiger partial charge in [0, 0.05) is 0 Å². The summed E-state index contributed by atoms with van der Waals surface area (Å²) in [5, 5.41) is 20.9. The molecule has 80 valence electrons. The Kier molecular flexibility index (Phi) is 4.27. The Balaban J connectivity index is 4.55. The van der Waals surface area contributed by atoms with Gasteiger partial charge in [0.05, 0.1) is 12.3 Å². The molecule has 0 fully saturated rings. The molecular weight excluding hydrogens is 198 g/mol. The number of nitrogens with one attached hydrogen (secondary N) is 1. The van der Waals surface area contributed by atoms with Crippen molar-refractivity contribution in [2.24, 2.45) is 0 Å². The highest BCUT2D eigenvalue weighted by Gasteiger charge is 2.37. The second kappa shape index (κ2) is 4.34. The second-order valence-corrected chi connectivity index (χ2v) is 4.27. The number of hydrogen-bond acceptors (Lipinski definition) is 6. The minimum absolute atomic E-state index is 0.318. The topological polar surface area (TPSA) is 95.9 Å². The molecule has 1 unspecified atom stereocenters. The lowest BCUT2D eigenvalue weighted by Crippen LogP contribution is -2.52. The quantitative estimate of drug-likeness (QED) is 0.384. The van der Waals surface area contributed by atoms with E-state index in [0.29, 0.717) is 6.42 Å². The van der Waals surface area contributed by atoms with E-state index in [4.69, 9.17) is 0 Å². The zero-order chi connectivity index (χ0) is 10.7. The molecule has 7 heteroatoms. The fourth-order valence-electron chi connectivity index (χ4n) is 0.939. The Morgan fingerprint density at radius 1 is 1.54 bits per heavy atom. The minimum atomic E-state index is -3.89. The van der Waals surface area contributed by atoms with E-state index in [1.54, 1.807) is 6.92 Å². The van der Waals surface area contributed by atoms with Crippen molar-refractivity contribution >= 4 is 10.1 Å². The van der Waals surface area contributed by atoms with Gasteiger partial charge in [-0.1, -0.05) is 6.92 Å². The van der Waals surface area contributed by atoms with Gasteiger partial charge in [-0.3, -0.25) is 0 Å². The molecule has 0 aromatic carbocycles. The van der Waals surface area contributed by atoms with E-state index in [2.05, 4.69) is 9.50 Å². The van der Waals surface area contributed by atoms with Crippen molar-refractivity contribution in [1.29, 1.82) is 0 Å². The third-order valence-electron chi connectivity index (χ3n) is 1.48. The smallest absolute Gasteiger partial charge is 0.309 e. The largest absolute Gasteiger partial charge is 0.341 e. The molecule has 0 aliphatic heterocycles. The molecule has 6 nitrogen and oxygen atoms in total. The standard InChI is InChI=1S/C6H15NO5S/c1-4-5(7-2)6(8,9)12-13(3,10)11/h5,7-9H,4H2,1-3H3. The van der Waals surface area contributed by atoms with Crippen molar-refractivity contribution in [3.63, 3.8) is 0 Å². The number of rotatable bonds is 5. The molecular formula is C6H15NO5S. The zero-order valence-electron chi connectivity index (χ0n) is 7.81. The van der Waals surface area contributed by atoms with Crippen LogP contribution in [0, 0.1) is 0 Å². The van der Waals surface area contributed by atoms with Gasteiger partial charge in [-0.15, -0.1) is 0 Å². The van der Waals surface area contributed by atoms with Gasteiger partial charge in [0.1, 0.15) is 0 Å². The zero-order valence-corrected chi connectivity index (χ0v) is 8.63. The van der Waals surface area contributed by atoms with Gasteiger partial charge in [0.15, 0.2) is 0 Å². The maximum Gasteiger partial charge on any atom is 0.309 e. The van der Waals surface area contributed by atoms with Gasteiger partial charge in [0.25, 0.3) is 10.1 Å².